The monoisotopic (exact) mass is 354 g/mol. The average molecular weight is 354 g/mol. The molecule has 0 radical (unpaired) electrons. The van der Waals surface area contributed by atoms with Crippen molar-refractivity contribution in [1.29, 1.82) is 0 Å². The molecule has 1 heterocycles. The minimum absolute atomic E-state index is 0.00616. The zero-order valence-electron chi connectivity index (χ0n) is 16.4. The molecule has 26 heavy (non-hydrogen) atoms. The van der Waals surface area contributed by atoms with Crippen LogP contribution in [-0.2, 0) is 13.6 Å². The summed E-state index contributed by atoms with van der Waals surface area (Å²) in [5.74, 6) is 0.00616. The van der Waals surface area contributed by atoms with E-state index in [-0.39, 0.29) is 17.2 Å². The molecule has 0 amide bonds. The van der Waals surface area contributed by atoms with Gasteiger partial charge < -0.3 is 0 Å². The Hall–Kier alpha value is -2.36. The highest BCUT2D eigenvalue weighted by Gasteiger charge is 2.21. The summed E-state index contributed by atoms with van der Waals surface area (Å²) in [4.78, 5) is 26.0. The number of rotatable bonds is 8. The fourth-order valence-electron chi connectivity index (χ4n) is 3.35. The summed E-state index contributed by atoms with van der Waals surface area (Å²) in [6.45, 7) is 10.8. The summed E-state index contributed by atoms with van der Waals surface area (Å²) in [6, 6.07) is 9.71. The molecule has 0 fully saturated rings. The van der Waals surface area contributed by atoms with Crippen LogP contribution in [0.15, 0.2) is 46.5 Å². The second-order valence-corrected chi connectivity index (χ2v) is 7.12. The summed E-state index contributed by atoms with van der Waals surface area (Å²) in [5.41, 5.74) is 2.51. The normalized spacial score (nSPS) is 11.1. The van der Waals surface area contributed by atoms with E-state index in [9.17, 15) is 9.59 Å². The predicted molar refractivity (Wildman–Crippen MR) is 109 cm³/mol. The van der Waals surface area contributed by atoms with E-state index in [1.807, 2.05) is 44.2 Å². The SMILES string of the molecule is C=C(c1ccccc1)c1c(C(C)C)c(=O)n(CCCCCC)c(=O)n1C. The van der Waals surface area contributed by atoms with Crippen LogP contribution >= 0.6 is 0 Å². The second-order valence-electron chi connectivity index (χ2n) is 7.12. The zero-order valence-corrected chi connectivity index (χ0v) is 16.4. The molecule has 0 unspecified atom stereocenters. The van der Waals surface area contributed by atoms with Crippen LogP contribution in [0.3, 0.4) is 0 Å². The molecule has 2 rings (SSSR count). The van der Waals surface area contributed by atoms with Crippen LogP contribution in [0.5, 0.6) is 0 Å². The summed E-state index contributed by atoms with van der Waals surface area (Å²) in [5, 5.41) is 0. The van der Waals surface area contributed by atoms with Crippen molar-refractivity contribution in [2.24, 2.45) is 7.05 Å². The van der Waals surface area contributed by atoms with E-state index >= 15 is 0 Å². The Morgan fingerprint density at radius 2 is 1.73 bits per heavy atom. The molecule has 0 N–H and O–H groups in total. The van der Waals surface area contributed by atoms with Gasteiger partial charge in [-0.15, -0.1) is 0 Å². The molecule has 1 aromatic carbocycles. The minimum atomic E-state index is -0.261. The first-order chi connectivity index (χ1) is 12.4. The van der Waals surface area contributed by atoms with Gasteiger partial charge in [-0.3, -0.25) is 13.9 Å². The van der Waals surface area contributed by atoms with Crippen molar-refractivity contribution in [2.75, 3.05) is 0 Å². The van der Waals surface area contributed by atoms with Gasteiger partial charge in [-0.2, -0.15) is 0 Å². The molecule has 2 aromatic rings. The summed E-state index contributed by atoms with van der Waals surface area (Å²) >= 11 is 0. The summed E-state index contributed by atoms with van der Waals surface area (Å²) in [7, 11) is 1.74. The Kier molecular flexibility index (Phi) is 6.78. The largest absolute Gasteiger partial charge is 0.331 e. The molecule has 0 spiro atoms. The highest BCUT2D eigenvalue weighted by Crippen LogP contribution is 2.25. The molecule has 0 aliphatic heterocycles. The molecular formula is C22H30N2O2. The fourth-order valence-corrected chi connectivity index (χ4v) is 3.35. The molecule has 1 aromatic heterocycles. The molecule has 0 saturated heterocycles. The van der Waals surface area contributed by atoms with Gasteiger partial charge in [-0.1, -0.05) is 76.9 Å². The molecule has 0 aliphatic rings. The first-order valence-electron chi connectivity index (χ1n) is 9.48. The topological polar surface area (TPSA) is 44.0 Å². The minimum Gasteiger partial charge on any atom is -0.296 e. The van der Waals surface area contributed by atoms with E-state index in [0.717, 1.165) is 31.2 Å². The molecule has 0 saturated carbocycles. The number of benzene rings is 1. The lowest BCUT2D eigenvalue weighted by Gasteiger charge is -2.20. The number of nitrogens with zero attached hydrogens (tertiary/aromatic N) is 2. The quantitative estimate of drug-likeness (QED) is 0.663. The number of hydrogen-bond donors (Lipinski definition) is 0. The molecule has 0 atom stereocenters. The van der Waals surface area contributed by atoms with Crippen LogP contribution in [0.2, 0.25) is 0 Å². The summed E-state index contributed by atoms with van der Waals surface area (Å²) < 4.78 is 2.98. The maximum Gasteiger partial charge on any atom is 0.331 e. The third-order valence-corrected chi connectivity index (χ3v) is 4.80. The highest BCUT2D eigenvalue weighted by atomic mass is 16.2. The molecule has 4 nitrogen and oxygen atoms in total. The number of unbranched alkanes of at least 4 members (excludes halogenated alkanes) is 3. The Morgan fingerprint density at radius 1 is 1.08 bits per heavy atom. The van der Waals surface area contributed by atoms with Crippen molar-refractivity contribution in [3.8, 4) is 0 Å². The summed E-state index contributed by atoms with van der Waals surface area (Å²) in [6.07, 6.45) is 4.12. The van der Waals surface area contributed by atoms with E-state index in [1.54, 1.807) is 11.6 Å². The van der Waals surface area contributed by atoms with Gasteiger partial charge in [-0.05, 0) is 23.5 Å². The van der Waals surface area contributed by atoms with E-state index < -0.39 is 0 Å². The van der Waals surface area contributed by atoms with Crippen LogP contribution in [-0.4, -0.2) is 9.13 Å². The van der Waals surface area contributed by atoms with Crippen molar-refractivity contribution < 1.29 is 0 Å². The maximum absolute atomic E-state index is 13.1. The molecule has 0 aliphatic carbocycles. The second kappa shape index (κ2) is 8.84. The standard InChI is InChI=1S/C22H30N2O2/c1-6-7-8-12-15-24-21(25)19(16(2)3)20(23(5)22(24)26)17(4)18-13-10-9-11-14-18/h9-11,13-14,16H,4,6-8,12,15H2,1-3,5H3. The van der Waals surface area contributed by atoms with Crippen LogP contribution in [0.4, 0.5) is 0 Å². The zero-order chi connectivity index (χ0) is 19.3. The molecule has 0 bridgehead atoms. The van der Waals surface area contributed by atoms with Crippen molar-refractivity contribution in [2.45, 2.75) is 58.9 Å². The first-order valence-corrected chi connectivity index (χ1v) is 9.48. The fraction of sp³-hybridized carbons (Fsp3) is 0.455. The number of aromatic nitrogens is 2. The van der Waals surface area contributed by atoms with Crippen LogP contribution in [0.25, 0.3) is 5.57 Å². The van der Waals surface area contributed by atoms with Gasteiger partial charge in [0, 0.05) is 19.2 Å². The van der Waals surface area contributed by atoms with Gasteiger partial charge in [0.05, 0.1) is 5.69 Å². The van der Waals surface area contributed by atoms with E-state index in [0.29, 0.717) is 23.4 Å². The van der Waals surface area contributed by atoms with Crippen LogP contribution in [0.1, 0.15) is 69.2 Å². The van der Waals surface area contributed by atoms with E-state index in [4.69, 9.17) is 0 Å². The third kappa shape index (κ3) is 4.06. The Labute approximate surface area is 155 Å². The lowest BCUT2D eigenvalue weighted by atomic mass is 9.94. The van der Waals surface area contributed by atoms with Crippen molar-refractivity contribution >= 4 is 5.57 Å². The van der Waals surface area contributed by atoms with Gasteiger partial charge in [0.25, 0.3) is 5.56 Å². The van der Waals surface area contributed by atoms with Gasteiger partial charge in [0.15, 0.2) is 0 Å². The van der Waals surface area contributed by atoms with Crippen molar-refractivity contribution in [3.05, 3.63) is 74.6 Å². The van der Waals surface area contributed by atoms with E-state index in [1.165, 1.54) is 4.57 Å². The van der Waals surface area contributed by atoms with E-state index in [2.05, 4.69) is 13.5 Å². The Morgan fingerprint density at radius 3 is 2.31 bits per heavy atom. The van der Waals surface area contributed by atoms with Crippen LogP contribution in [0, 0.1) is 0 Å². The molecular weight excluding hydrogens is 324 g/mol. The maximum atomic E-state index is 13.1. The van der Waals surface area contributed by atoms with Crippen LogP contribution < -0.4 is 11.2 Å². The lowest BCUT2D eigenvalue weighted by Crippen LogP contribution is -2.43. The first kappa shape index (κ1) is 20.0. The van der Waals surface area contributed by atoms with Gasteiger partial charge >= 0.3 is 5.69 Å². The number of hydrogen-bond acceptors (Lipinski definition) is 2. The average Bonchev–Trinajstić information content (AvgIpc) is 2.63. The third-order valence-electron chi connectivity index (χ3n) is 4.80. The van der Waals surface area contributed by atoms with Gasteiger partial charge in [0.2, 0.25) is 0 Å². The van der Waals surface area contributed by atoms with Gasteiger partial charge in [0.1, 0.15) is 0 Å². The smallest absolute Gasteiger partial charge is 0.296 e. The molecule has 4 heteroatoms. The Bertz CT molecular complexity index is 873. The predicted octanol–water partition coefficient (Wildman–Crippen LogP) is 4.31. The lowest BCUT2D eigenvalue weighted by molar-refractivity contribution is 0.522. The van der Waals surface area contributed by atoms with Crippen molar-refractivity contribution in [1.82, 2.24) is 9.13 Å². The highest BCUT2D eigenvalue weighted by molar-refractivity contribution is 5.78. The van der Waals surface area contributed by atoms with Crippen molar-refractivity contribution in [3.63, 3.8) is 0 Å². The molecule has 140 valence electrons. The Balaban J connectivity index is 2.58. The van der Waals surface area contributed by atoms with Gasteiger partial charge in [-0.25, -0.2) is 4.79 Å².